The van der Waals surface area contributed by atoms with Crippen molar-refractivity contribution < 1.29 is 17.9 Å². The highest BCUT2D eigenvalue weighted by Gasteiger charge is 2.31. The average molecular weight is 461 g/mol. The molecule has 1 saturated heterocycles. The summed E-state index contributed by atoms with van der Waals surface area (Å²) in [5, 5.41) is 0. The standard InChI is InChI=1S/C21H24N4O4S2/c1-15(2)29-17-6-3-5-16(13-17)14-20(26)24-9-11-25(12-10-24)31(27,28)19-8-4-7-18-21(19)23-30-22-18/h3-8,13,15H,9-12,14H2,1-2H3. The van der Waals surface area contributed by atoms with E-state index in [1.54, 1.807) is 23.1 Å². The zero-order valence-corrected chi connectivity index (χ0v) is 19.0. The topological polar surface area (TPSA) is 92.7 Å². The Bertz CT molecular complexity index is 1180. The van der Waals surface area contributed by atoms with Gasteiger partial charge in [-0.15, -0.1) is 0 Å². The van der Waals surface area contributed by atoms with Crippen LogP contribution in [0, 0.1) is 0 Å². The third kappa shape index (κ3) is 4.70. The molecule has 164 valence electrons. The van der Waals surface area contributed by atoms with Crippen molar-refractivity contribution in [3.63, 3.8) is 0 Å². The lowest BCUT2D eigenvalue weighted by atomic mass is 10.1. The predicted molar refractivity (Wildman–Crippen MR) is 119 cm³/mol. The lowest BCUT2D eigenvalue weighted by Gasteiger charge is -2.34. The zero-order valence-electron chi connectivity index (χ0n) is 17.4. The van der Waals surface area contributed by atoms with Crippen molar-refractivity contribution in [2.24, 2.45) is 0 Å². The Morgan fingerprint density at radius 1 is 1.10 bits per heavy atom. The fraction of sp³-hybridized carbons (Fsp3) is 0.381. The van der Waals surface area contributed by atoms with Crippen LogP contribution in [0.25, 0.3) is 11.0 Å². The number of hydrogen-bond acceptors (Lipinski definition) is 7. The molecule has 0 unspecified atom stereocenters. The number of carbonyl (C=O) groups excluding carboxylic acids is 1. The number of nitrogens with zero attached hydrogens (tertiary/aromatic N) is 4. The summed E-state index contributed by atoms with van der Waals surface area (Å²) in [7, 11) is -3.70. The van der Waals surface area contributed by atoms with Gasteiger partial charge in [-0.3, -0.25) is 4.79 Å². The van der Waals surface area contributed by atoms with Crippen LogP contribution < -0.4 is 4.74 Å². The Hall–Kier alpha value is -2.56. The van der Waals surface area contributed by atoms with Crippen LogP contribution in [0.2, 0.25) is 0 Å². The Kier molecular flexibility index (Phi) is 6.22. The van der Waals surface area contributed by atoms with Gasteiger partial charge < -0.3 is 9.64 Å². The molecule has 31 heavy (non-hydrogen) atoms. The van der Waals surface area contributed by atoms with E-state index in [2.05, 4.69) is 8.75 Å². The molecule has 1 aliphatic rings. The molecule has 0 spiro atoms. The number of aromatic nitrogens is 2. The lowest BCUT2D eigenvalue weighted by Crippen LogP contribution is -2.50. The van der Waals surface area contributed by atoms with Crippen LogP contribution in [0.1, 0.15) is 19.4 Å². The fourth-order valence-corrected chi connectivity index (χ4v) is 5.77. The van der Waals surface area contributed by atoms with Crippen LogP contribution >= 0.6 is 11.7 Å². The first-order valence-corrected chi connectivity index (χ1v) is 12.3. The van der Waals surface area contributed by atoms with Crippen LogP contribution in [-0.2, 0) is 21.2 Å². The van der Waals surface area contributed by atoms with Crippen molar-refractivity contribution in [1.29, 1.82) is 0 Å². The molecule has 4 rings (SSSR count). The van der Waals surface area contributed by atoms with Crippen molar-refractivity contribution in [3.8, 4) is 5.75 Å². The van der Waals surface area contributed by atoms with Crippen LogP contribution in [0.3, 0.4) is 0 Å². The van der Waals surface area contributed by atoms with Gasteiger partial charge in [-0.25, -0.2) is 8.42 Å². The van der Waals surface area contributed by atoms with Crippen molar-refractivity contribution in [1.82, 2.24) is 18.0 Å². The smallest absolute Gasteiger partial charge is 0.245 e. The fourth-order valence-electron chi connectivity index (χ4n) is 3.59. The molecule has 0 aliphatic carbocycles. The molecule has 0 bridgehead atoms. The highest BCUT2D eigenvalue weighted by Crippen LogP contribution is 2.25. The number of piperazine rings is 1. The average Bonchev–Trinajstić information content (AvgIpc) is 3.22. The van der Waals surface area contributed by atoms with Gasteiger partial charge in [0.05, 0.1) is 24.3 Å². The first kappa shape index (κ1) is 21.7. The molecule has 0 atom stereocenters. The molecule has 2 aromatic carbocycles. The predicted octanol–water partition coefficient (Wildman–Crippen LogP) is 2.55. The Morgan fingerprint density at radius 3 is 2.58 bits per heavy atom. The number of benzene rings is 2. The molecule has 8 nitrogen and oxygen atoms in total. The van der Waals surface area contributed by atoms with Crippen LogP contribution in [0.5, 0.6) is 5.75 Å². The summed E-state index contributed by atoms with van der Waals surface area (Å²) in [5.41, 5.74) is 1.85. The normalized spacial score (nSPS) is 15.5. The van der Waals surface area contributed by atoms with Crippen molar-refractivity contribution in [2.45, 2.75) is 31.3 Å². The first-order chi connectivity index (χ1) is 14.8. The number of sulfonamides is 1. The third-order valence-electron chi connectivity index (χ3n) is 5.08. The third-order valence-corrected chi connectivity index (χ3v) is 7.56. The number of ether oxygens (including phenoxy) is 1. The summed E-state index contributed by atoms with van der Waals surface area (Å²) in [4.78, 5) is 14.7. The van der Waals surface area contributed by atoms with E-state index in [0.29, 0.717) is 24.1 Å². The lowest BCUT2D eigenvalue weighted by molar-refractivity contribution is -0.131. The molecule has 3 aromatic rings. The van der Waals surface area contributed by atoms with Gasteiger partial charge in [-0.1, -0.05) is 18.2 Å². The highest BCUT2D eigenvalue weighted by molar-refractivity contribution is 7.89. The van der Waals surface area contributed by atoms with Crippen molar-refractivity contribution in [3.05, 3.63) is 48.0 Å². The molecular weight excluding hydrogens is 436 g/mol. The number of amides is 1. The van der Waals surface area contributed by atoms with E-state index < -0.39 is 10.0 Å². The molecule has 1 aromatic heterocycles. The van der Waals surface area contributed by atoms with Crippen LogP contribution in [0.4, 0.5) is 0 Å². The maximum Gasteiger partial charge on any atom is 0.245 e. The summed E-state index contributed by atoms with van der Waals surface area (Å²) >= 11 is 0.994. The van der Waals surface area contributed by atoms with E-state index in [1.807, 2.05) is 38.1 Å². The second-order valence-electron chi connectivity index (χ2n) is 7.66. The minimum atomic E-state index is -3.70. The number of carbonyl (C=O) groups is 1. The van der Waals surface area contributed by atoms with E-state index in [4.69, 9.17) is 4.74 Å². The van der Waals surface area contributed by atoms with E-state index in [0.717, 1.165) is 23.0 Å². The molecule has 1 aliphatic heterocycles. The van der Waals surface area contributed by atoms with Gasteiger partial charge in [-0.2, -0.15) is 13.1 Å². The summed E-state index contributed by atoms with van der Waals surface area (Å²) in [6.07, 6.45) is 0.318. The number of rotatable bonds is 6. The number of hydrogen-bond donors (Lipinski definition) is 0. The molecule has 1 amide bonds. The zero-order chi connectivity index (χ0) is 22.0. The molecule has 0 N–H and O–H groups in total. The molecule has 0 radical (unpaired) electrons. The van der Waals surface area contributed by atoms with Crippen LogP contribution in [-0.4, -0.2) is 64.6 Å². The Balaban J connectivity index is 1.40. The monoisotopic (exact) mass is 460 g/mol. The minimum Gasteiger partial charge on any atom is -0.491 e. The largest absolute Gasteiger partial charge is 0.491 e. The van der Waals surface area contributed by atoms with E-state index in [9.17, 15) is 13.2 Å². The summed E-state index contributed by atoms with van der Waals surface area (Å²) in [6.45, 7) is 5.11. The molecule has 0 saturated carbocycles. The van der Waals surface area contributed by atoms with Gasteiger partial charge in [0, 0.05) is 26.2 Å². The van der Waals surface area contributed by atoms with Crippen LogP contribution in [0.15, 0.2) is 47.4 Å². The maximum atomic E-state index is 13.1. The van der Waals surface area contributed by atoms with Crippen molar-refractivity contribution >= 4 is 38.7 Å². The minimum absolute atomic E-state index is 0.0236. The quantitative estimate of drug-likeness (QED) is 0.561. The second-order valence-corrected chi connectivity index (χ2v) is 10.1. The Morgan fingerprint density at radius 2 is 1.84 bits per heavy atom. The Labute approximate surface area is 185 Å². The highest BCUT2D eigenvalue weighted by atomic mass is 32.2. The number of fused-ring (bicyclic) bond motifs is 1. The molecule has 10 heteroatoms. The van der Waals surface area contributed by atoms with Gasteiger partial charge in [0.2, 0.25) is 15.9 Å². The maximum absolute atomic E-state index is 13.1. The molecule has 1 fully saturated rings. The molecular formula is C21H24N4O4S2. The van der Waals surface area contributed by atoms with Gasteiger partial charge in [0.1, 0.15) is 21.7 Å². The van der Waals surface area contributed by atoms with Gasteiger partial charge in [-0.05, 0) is 43.7 Å². The van der Waals surface area contributed by atoms with E-state index in [1.165, 1.54) is 4.31 Å². The van der Waals surface area contributed by atoms with Gasteiger partial charge in [0.15, 0.2) is 0 Å². The van der Waals surface area contributed by atoms with Crippen molar-refractivity contribution in [2.75, 3.05) is 26.2 Å². The van der Waals surface area contributed by atoms with E-state index in [-0.39, 0.29) is 36.4 Å². The van der Waals surface area contributed by atoms with Gasteiger partial charge >= 0.3 is 0 Å². The first-order valence-electron chi connectivity index (χ1n) is 10.1. The van der Waals surface area contributed by atoms with E-state index >= 15 is 0 Å². The summed E-state index contributed by atoms with van der Waals surface area (Å²) in [5.74, 6) is 0.714. The van der Waals surface area contributed by atoms with Gasteiger partial charge in [0.25, 0.3) is 0 Å². The summed E-state index contributed by atoms with van der Waals surface area (Å²) < 4.78 is 41.7. The second kappa shape index (κ2) is 8.89. The summed E-state index contributed by atoms with van der Waals surface area (Å²) in [6, 6.07) is 12.5. The SMILES string of the molecule is CC(C)Oc1cccc(CC(=O)N2CCN(S(=O)(=O)c3cccc4nsnc34)CC2)c1. The molecule has 2 heterocycles.